The highest BCUT2D eigenvalue weighted by Crippen LogP contribution is 2.54. The van der Waals surface area contributed by atoms with Gasteiger partial charge in [0.25, 0.3) is 5.91 Å². The van der Waals surface area contributed by atoms with Gasteiger partial charge in [-0.2, -0.15) is 0 Å². The minimum Gasteiger partial charge on any atom is -0.376 e. The van der Waals surface area contributed by atoms with E-state index in [-0.39, 0.29) is 18.2 Å². The number of carbonyl (C=O) groups excluding carboxylic acids is 1. The van der Waals surface area contributed by atoms with Crippen LogP contribution in [-0.4, -0.2) is 33.4 Å². The molecule has 0 aliphatic carbocycles. The van der Waals surface area contributed by atoms with E-state index in [2.05, 4.69) is 45.6 Å². The molecule has 170 valence electrons. The van der Waals surface area contributed by atoms with Crippen LogP contribution in [0.3, 0.4) is 0 Å². The highest BCUT2D eigenvalue weighted by Gasteiger charge is 2.49. The summed E-state index contributed by atoms with van der Waals surface area (Å²) in [6.45, 7) is 2.10. The van der Waals surface area contributed by atoms with Gasteiger partial charge < -0.3 is 29.0 Å². The Balaban J connectivity index is 1.76. The van der Waals surface area contributed by atoms with Crippen LogP contribution in [0.5, 0.6) is 0 Å². The third kappa shape index (κ3) is 1.92. The number of benzene rings is 3. The average molecular weight is 453 g/mol. The predicted molar refractivity (Wildman–Crippen MR) is 129 cm³/mol. The summed E-state index contributed by atoms with van der Waals surface area (Å²) in [5, 5.41) is 17.6. The molecule has 2 bridgehead atoms. The fourth-order valence-electron chi connectivity index (χ4n) is 6.97. The second kappa shape index (κ2) is 5.99. The third-order valence-corrected chi connectivity index (χ3v) is 8.23. The van der Waals surface area contributed by atoms with E-state index in [1.165, 1.54) is 0 Å². The number of aliphatic hydroxyl groups excluding tert-OH is 1. The average Bonchev–Trinajstić information content (AvgIpc) is 3.44. The lowest BCUT2D eigenvalue weighted by Crippen LogP contribution is -2.49. The molecule has 0 saturated carbocycles. The van der Waals surface area contributed by atoms with Gasteiger partial charge in [0, 0.05) is 34.2 Å². The summed E-state index contributed by atoms with van der Waals surface area (Å²) in [7, 11) is 1.74. The summed E-state index contributed by atoms with van der Waals surface area (Å²) in [6.07, 6.45) is 0.233. The SMILES string of the molecule is CO[C@@H]1CC[C@H]2O[C@]1(C)n1c3ccccc3c3c4c(c5c6ccccc6n2c5c31)C(=O)N[C@H]4O. The van der Waals surface area contributed by atoms with Crippen LogP contribution in [0, 0.1) is 0 Å². The largest absolute Gasteiger partial charge is 0.376 e. The lowest BCUT2D eigenvalue weighted by Gasteiger charge is -2.44. The van der Waals surface area contributed by atoms with E-state index < -0.39 is 12.0 Å². The van der Waals surface area contributed by atoms with E-state index in [1.54, 1.807) is 7.11 Å². The van der Waals surface area contributed by atoms with Gasteiger partial charge in [-0.25, -0.2) is 0 Å². The minimum atomic E-state index is -1.07. The fourth-order valence-corrected chi connectivity index (χ4v) is 6.97. The fraction of sp³-hybridized carbons (Fsp3) is 0.296. The molecule has 3 aliphatic heterocycles. The number of hydrogen-bond acceptors (Lipinski definition) is 4. The van der Waals surface area contributed by atoms with Gasteiger partial charge in [-0.15, -0.1) is 0 Å². The number of aromatic nitrogens is 2. The summed E-state index contributed by atoms with van der Waals surface area (Å²) >= 11 is 0. The van der Waals surface area contributed by atoms with Crippen molar-refractivity contribution in [3.63, 3.8) is 0 Å². The van der Waals surface area contributed by atoms with E-state index >= 15 is 0 Å². The van der Waals surface area contributed by atoms with E-state index in [4.69, 9.17) is 9.47 Å². The van der Waals surface area contributed by atoms with Crippen molar-refractivity contribution in [2.75, 3.05) is 7.11 Å². The number of fused-ring (bicyclic) bond motifs is 13. The van der Waals surface area contributed by atoms with Gasteiger partial charge in [-0.05, 0) is 31.9 Å². The molecule has 1 saturated heterocycles. The lowest BCUT2D eigenvalue weighted by molar-refractivity contribution is -0.247. The van der Waals surface area contributed by atoms with Crippen molar-refractivity contribution in [3.05, 3.63) is 59.7 Å². The molecular formula is C27H23N3O4. The smallest absolute Gasteiger partial charge is 0.254 e. The zero-order chi connectivity index (χ0) is 22.9. The first-order valence-corrected chi connectivity index (χ1v) is 11.8. The first-order valence-electron chi connectivity index (χ1n) is 11.8. The van der Waals surface area contributed by atoms with Crippen molar-refractivity contribution < 1.29 is 19.4 Å². The van der Waals surface area contributed by atoms with Gasteiger partial charge in [0.2, 0.25) is 0 Å². The van der Waals surface area contributed by atoms with Crippen LogP contribution in [0.2, 0.25) is 0 Å². The summed E-state index contributed by atoms with van der Waals surface area (Å²) in [4.78, 5) is 13.3. The number of ether oxygens (including phenoxy) is 2. The third-order valence-electron chi connectivity index (χ3n) is 8.23. The molecule has 3 aromatic carbocycles. The first kappa shape index (κ1) is 19.0. The minimum absolute atomic E-state index is 0.147. The zero-order valence-electron chi connectivity index (χ0n) is 18.8. The molecular weight excluding hydrogens is 430 g/mol. The van der Waals surface area contributed by atoms with E-state index in [0.717, 1.165) is 56.5 Å². The number of amides is 1. The molecule has 4 atom stereocenters. The van der Waals surface area contributed by atoms with Crippen LogP contribution in [0.1, 0.15) is 48.1 Å². The van der Waals surface area contributed by atoms with E-state index in [1.807, 2.05) is 24.3 Å². The molecule has 7 nitrogen and oxygen atoms in total. The Morgan fingerprint density at radius 2 is 1.74 bits per heavy atom. The monoisotopic (exact) mass is 453 g/mol. The summed E-state index contributed by atoms with van der Waals surface area (Å²) < 4.78 is 17.5. The number of nitrogens with one attached hydrogen (secondary N) is 1. The molecule has 3 aliphatic rings. The van der Waals surface area contributed by atoms with Crippen molar-refractivity contribution in [2.45, 2.75) is 44.1 Å². The van der Waals surface area contributed by atoms with Gasteiger partial charge in [0.05, 0.1) is 27.6 Å². The highest BCUT2D eigenvalue weighted by molar-refractivity contribution is 6.31. The van der Waals surface area contributed by atoms with Crippen LogP contribution >= 0.6 is 0 Å². The second-order valence-electron chi connectivity index (χ2n) is 9.78. The Hall–Kier alpha value is -3.39. The second-order valence-corrected chi connectivity index (χ2v) is 9.78. The number of hydrogen-bond donors (Lipinski definition) is 2. The van der Waals surface area contributed by atoms with Crippen LogP contribution in [0.25, 0.3) is 43.6 Å². The van der Waals surface area contributed by atoms with Gasteiger partial charge in [0.1, 0.15) is 12.3 Å². The molecule has 0 radical (unpaired) electrons. The molecule has 1 fully saturated rings. The molecule has 7 heteroatoms. The van der Waals surface area contributed by atoms with Gasteiger partial charge >= 0.3 is 0 Å². The highest BCUT2D eigenvalue weighted by atomic mass is 16.6. The van der Waals surface area contributed by atoms with E-state index in [9.17, 15) is 9.90 Å². The molecule has 0 unspecified atom stereocenters. The number of nitrogens with zero attached hydrogens (tertiary/aromatic N) is 2. The van der Waals surface area contributed by atoms with Crippen molar-refractivity contribution in [3.8, 4) is 0 Å². The number of carbonyl (C=O) groups is 1. The summed E-state index contributed by atoms with van der Waals surface area (Å²) in [5.41, 5.74) is 4.46. The Morgan fingerprint density at radius 1 is 1.03 bits per heavy atom. The van der Waals surface area contributed by atoms with Crippen LogP contribution in [0.15, 0.2) is 48.5 Å². The van der Waals surface area contributed by atoms with Gasteiger partial charge in [0.15, 0.2) is 12.0 Å². The molecule has 2 aromatic heterocycles. The van der Waals surface area contributed by atoms with Crippen LogP contribution < -0.4 is 5.32 Å². The Morgan fingerprint density at radius 3 is 2.50 bits per heavy atom. The molecule has 2 N–H and O–H groups in total. The Kier molecular flexibility index (Phi) is 3.34. The molecule has 0 spiro atoms. The predicted octanol–water partition coefficient (Wildman–Crippen LogP) is 4.65. The lowest BCUT2D eigenvalue weighted by atomic mass is 9.96. The van der Waals surface area contributed by atoms with Gasteiger partial charge in [-0.1, -0.05) is 36.4 Å². The number of rotatable bonds is 1. The Bertz CT molecular complexity index is 1730. The van der Waals surface area contributed by atoms with Crippen molar-refractivity contribution >= 4 is 49.5 Å². The maximum Gasteiger partial charge on any atom is 0.254 e. The standard InChI is InChI=1S/C27H23N3O4/c1-27-17(33-2)11-12-18(34-27)29-15-9-5-3-7-13(15)19-21-22(26(32)28-25(21)31)20-14-8-4-6-10-16(14)30(27)24(20)23(19)29/h3-10,17-18,26,32H,11-12H2,1-2H3,(H,28,31)/t17-,18-,26+,27+/m1/s1. The summed E-state index contributed by atoms with van der Waals surface area (Å²) in [5.74, 6) is -0.238. The first-order chi connectivity index (χ1) is 16.5. The summed E-state index contributed by atoms with van der Waals surface area (Å²) in [6, 6.07) is 16.4. The quantitative estimate of drug-likeness (QED) is 0.387. The number of methoxy groups -OCH3 is 1. The van der Waals surface area contributed by atoms with E-state index in [0.29, 0.717) is 11.1 Å². The molecule has 5 heterocycles. The molecule has 34 heavy (non-hydrogen) atoms. The maximum absolute atomic E-state index is 13.3. The Labute approximate surface area is 194 Å². The molecule has 5 aromatic rings. The normalized spacial score (nSPS) is 27.7. The van der Waals surface area contributed by atoms with Crippen molar-refractivity contribution in [2.24, 2.45) is 0 Å². The van der Waals surface area contributed by atoms with Crippen LogP contribution in [-0.2, 0) is 15.2 Å². The van der Waals surface area contributed by atoms with Crippen molar-refractivity contribution in [1.82, 2.24) is 14.5 Å². The maximum atomic E-state index is 13.3. The molecule has 8 rings (SSSR count). The topological polar surface area (TPSA) is 77.7 Å². The molecule has 1 amide bonds. The van der Waals surface area contributed by atoms with Crippen LogP contribution in [0.4, 0.5) is 0 Å². The number of aliphatic hydroxyl groups is 1. The number of para-hydroxylation sites is 2. The van der Waals surface area contributed by atoms with Gasteiger partial charge in [-0.3, -0.25) is 4.79 Å². The zero-order valence-corrected chi connectivity index (χ0v) is 18.8. The van der Waals surface area contributed by atoms with Crippen molar-refractivity contribution in [1.29, 1.82) is 0 Å².